The summed E-state index contributed by atoms with van der Waals surface area (Å²) in [4.78, 5) is 11.9. The molecule has 1 atom stereocenters. The zero-order valence-electron chi connectivity index (χ0n) is 11.2. The number of amides is 1. The van der Waals surface area contributed by atoms with Crippen molar-refractivity contribution in [2.75, 3.05) is 13.2 Å². The summed E-state index contributed by atoms with van der Waals surface area (Å²) in [7, 11) is 0. The highest BCUT2D eigenvalue weighted by molar-refractivity contribution is 6.35. The lowest BCUT2D eigenvalue weighted by Crippen LogP contribution is -2.52. The first kappa shape index (κ1) is 15.4. The van der Waals surface area contributed by atoms with Crippen molar-refractivity contribution in [2.45, 2.75) is 25.3 Å². The predicted octanol–water partition coefficient (Wildman–Crippen LogP) is 2.65. The van der Waals surface area contributed by atoms with Crippen LogP contribution in [0.5, 0.6) is 5.75 Å². The van der Waals surface area contributed by atoms with E-state index in [0.717, 1.165) is 12.8 Å². The molecule has 1 aliphatic rings. The van der Waals surface area contributed by atoms with Gasteiger partial charge in [0.1, 0.15) is 5.75 Å². The zero-order chi connectivity index (χ0) is 14.8. The van der Waals surface area contributed by atoms with Crippen LogP contribution in [0.1, 0.15) is 19.8 Å². The molecule has 2 rings (SSSR count). The van der Waals surface area contributed by atoms with Crippen molar-refractivity contribution in [3.63, 3.8) is 0 Å². The Morgan fingerprint density at radius 2 is 2.20 bits per heavy atom. The average Bonchev–Trinajstić information content (AvgIpc) is 3.22. The van der Waals surface area contributed by atoms with Gasteiger partial charge >= 0.3 is 0 Å². The Labute approximate surface area is 128 Å². The van der Waals surface area contributed by atoms with Crippen LogP contribution in [0, 0.1) is 5.92 Å². The number of hydrogen-bond donors (Lipinski definition) is 2. The molecule has 0 bridgehead atoms. The fourth-order valence-electron chi connectivity index (χ4n) is 2.08. The van der Waals surface area contributed by atoms with Crippen LogP contribution in [-0.4, -0.2) is 29.8 Å². The molecule has 0 radical (unpaired) electrons. The first-order chi connectivity index (χ1) is 9.44. The number of ether oxygens (including phenoxy) is 1. The molecular formula is C14H17Cl2NO3. The van der Waals surface area contributed by atoms with E-state index >= 15 is 0 Å². The second-order valence-corrected chi connectivity index (χ2v) is 6.11. The van der Waals surface area contributed by atoms with Crippen molar-refractivity contribution in [3.8, 4) is 5.75 Å². The Bertz CT molecular complexity index is 505. The van der Waals surface area contributed by atoms with E-state index in [9.17, 15) is 9.90 Å². The number of benzene rings is 1. The van der Waals surface area contributed by atoms with E-state index in [1.807, 2.05) is 6.92 Å². The summed E-state index contributed by atoms with van der Waals surface area (Å²) < 4.78 is 5.36. The third-order valence-corrected chi connectivity index (χ3v) is 4.01. The monoisotopic (exact) mass is 317 g/mol. The number of carbonyl (C=O) groups excluding carboxylic acids is 1. The molecule has 0 aliphatic heterocycles. The van der Waals surface area contributed by atoms with Crippen molar-refractivity contribution in [1.82, 2.24) is 5.32 Å². The summed E-state index contributed by atoms with van der Waals surface area (Å²) in [6, 6.07) is 4.81. The fourth-order valence-corrected chi connectivity index (χ4v) is 2.54. The number of nitrogens with one attached hydrogen (secondary N) is 1. The van der Waals surface area contributed by atoms with Gasteiger partial charge in [0.2, 0.25) is 0 Å². The van der Waals surface area contributed by atoms with Crippen LogP contribution in [-0.2, 0) is 4.79 Å². The molecule has 0 saturated heterocycles. The van der Waals surface area contributed by atoms with Crippen molar-refractivity contribution < 1.29 is 14.6 Å². The highest BCUT2D eigenvalue weighted by Crippen LogP contribution is 2.39. The van der Waals surface area contributed by atoms with Gasteiger partial charge in [0, 0.05) is 5.02 Å². The highest BCUT2D eigenvalue weighted by Gasteiger charge is 2.42. The maximum absolute atomic E-state index is 11.9. The van der Waals surface area contributed by atoms with Gasteiger partial charge in [0.15, 0.2) is 6.61 Å². The van der Waals surface area contributed by atoms with Gasteiger partial charge in [0.25, 0.3) is 5.91 Å². The number of rotatable bonds is 6. The van der Waals surface area contributed by atoms with Crippen LogP contribution in [0.3, 0.4) is 0 Å². The number of carbonyl (C=O) groups is 1. The van der Waals surface area contributed by atoms with Crippen molar-refractivity contribution in [1.29, 1.82) is 0 Å². The van der Waals surface area contributed by atoms with E-state index in [4.69, 9.17) is 27.9 Å². The van der Waals surface area contributed by atoms with E-state index < -0.39 is 5.54 Å². The van der Waals surface area contributed by atoms with E-state index in [1.165, 1.54) is 0 Å². The molecule has 1 saturated carbocycles. The smallest absolute Gasteiger partial charge is 0.258 e. The number of hydrogen-bond acceptors (Lipinski definition) is 3. The van der Waals surface area contributed by atoms with Crippen molar-refractivity contribution in [3.05, 3.63) is 28.2 Å². The molecule has 1 unspecified atom stereocenters. The van der Waals surface area contributed by atoms with Gasteiger partial charge < -0.3 is 15.2 Å². The molecule has 6 heteroatoms. The minimum absolute atomic E-state index is 0.0783. The maximum Gasteiger partial charge on any atom is 0.258 e. The van der Waals surface area contributed by atoms with Gasteiger partial charge in [-0.1, -0.05) is 23.2 Å². The second-order valence-electron chi connectivity index (χ2n) is 5.26. The third-order valence-electron chi connectivity index (χ3n) is 3.48. The zero-order valence-corrected chi connectivity index (χ0v) is 12.7. The maximum atomic E-state index is 11.9. The average molecular weight is 318 g/mol. The molecule has 1 amide bonds. The van der Waals surface area contributed by atoms with Crippen LogP contribution >= 0.6 is 23.2 Å². The van der Waals surface area contributed by atoms with Crippen LogP contribution in [0.15, 0.2) is 18.2 Å². The van der Waals surface area contributed by atoms with Gasteiger partial charge in [-0.25, -0.2) is 0 Å². The molecule has 0 aromatic heterocycles. The fraction of sp³-hybridized carbons (Fsp3) is 0.500. The molecular weight excluding hydrogens is 301 g/mol. The molecule has 1 aromatic carbocycles. The Morgan fingerprint density at radius 3 is 2.75 bits per heavy atom. The minimum atomic E-state index is -0.565. The van der Waals surface area contributed by atoms with Crippen LogP contribution in [0.4, 0.5) is 0 Å². The Kier molecular flexibility index (Phi) is 4.78. The minimum Gasteiger partial charge on any atom is -0.482 e. The molecule has 0 heterocycles. The lowest BCUT2D eigenvalue weighted by Gasteiger charge is -2.28. The predicted molar refractivity (Wildman–Crippen MR) is 78.3 cm³/mol. The van der Waals surface area contributed by atoms with E-state index in [0.29, 0.717) is 21.7 Å². The van der Waals surface area contributed by atoms with Crippen LogP contribution in [0.2, 0.25) is 10.0 Å². The topological polar surface area (TPSA) is 58.6 Å². The third kappa shape index (κ3) is 3.78. The molecule has 1 fully saturated rings. The van der Waals surface area contributed by atoms with Gasteiger partial charge in [-0.2, -0.15) is 0 Å². The standard InChI is InChI=1S/C14H17Cl2NO3/c1-14(8-18,9-2-3-9)17-13(19)7-20-12-5-4-10(15)6-11(12)16/h4-6,9,18H,2-3,7-8H2,1H3,(H,17,19). The summed E-state index contributed by atoms with van der Waals surface area (Å²) in [6.07, 6.45) is 2.06. The van der Waals surface area contributed by atoms with Gasteiger partial charge in [-0.3, -0.25) is 4.79 Å². The molecule has 1 aliphatic carbocycles. The number of halogens is 2. The largest absolute Gasteiger partial charge is 0.482 e. The van der Waals surface area contributed by atoms with Crippen LogP contribution < -0.4 is 10.1 Å². The number of aliphatic hydroxyl groups excluding tert-OH is 1. The van der Waals surface area contributed by atoms with E-state index in [1.54, 1.807) is 18.2 Å². The van der Waals surface area contributed by atoms with E-state index in [2.05, 4.69) is 5.32 Å². The SMILES string of the molecule is CC(CO)(NC(=O)COc1ccc(Cl)cc1Cl)C1CC1. The van der Waals surface area contributed by atoms with Gasteiger partial charge in [0.05, 0.1) is 17.2 Å². The van der Waals surface area contributed by atoms with Crippen LogP contribution in [0.25, 0.3) is 0 Å². The Hall–Kier alpha value is -0.970. The Morgan fingerprint density at radius 1 is 1.50 bits per heavy atom. The quantitative estimate of drug-likeness (QED) is 0.848. The lowest BCUT2D eigenvalue weighted by molar-refractivity contribution is -0.125. The lowest BCUT2D eigenvalue weighted by atomic mass is 9.97. The summed E-state index contributed by atoms with van der Waals surface area (Å²) in [5, 5.41) is 13.1. The summed E-state index contributed by atoms with van der Waals surface area (Å²) in [5.74, 6) is 0.471. The first-order valence-corrected chi connectivity index (χ1v) is 7.20. The highest BCUT2D eigenvalue weighted by atomic mass is 35.5. The van der Waals surface area contributed by atoms with Gasteiger partial charge in [-0.15, -0.1) is 0 Å². The second kappa shape index (κ2) is 6.20. The van der Waals surface area contributed by atoms with Gasteiger partial charge in [-0.05, 0) is 43.9 Å². The summed E-state index contributed by atoms with van der Waals surface area (Å²) in [6.45, 7) is 1.62. The molecule has 2 N–H and O–H groups in total. The molecule has 0 spiro atoms. The molecule has 110 valence electrons. The Balaban J connectivity index is 1.88. The molecule has 4 nitrogen and oxygen atoms in total. The first-order valence-electron chi connectivity index (χ1n) is 6.44. The van der Waals surface area contributed by atoms with Crippen molar-refractivity contribution in [2.24, 2.45) is 5.92 Å². The summed E-state index contributed by atoms with van der Waals surface area (Å²) in [5.41, 5.74) is -0.565. The number of aliphatic hydroxyl groups is 1. The molecule has 20 heavy (non-hydrogen) atoms. The summed E-state index contributed by atoms with van der Waals surface area (Å²) >= 11 is 11.7. The van der Waals surface area contributed by atoms with Crippen molar-refractivity contribution >= 4 is 29.1 Å². The van der Waals surface area contributed by atoms with E-state index in [-0.39, 0.29) is 19.1 Å². The molecule has 1 aromatic rings. The normalized spacial score (nSPS) is 17.4.